The molecule has 0 aromatic heterocycles. The van der Waals surface area contributed by atoms with Gasteiger partial charge < -0.3 is 0 Å². The van der Waals surface area contributed by atoms with Crippen molar-refractivity contribution in [2.45, 2.75) is 33.6 Å². The molecule has 0 aliphatic rings. The van der Waals surface area contributed by atoms with Gasteiger partial charge >= 0.3 is 0 Å². The average molecular weight is 125 g/mol. The molecule has 0 aliphatic carbocycles. The van der Waals surface area contributed by atoms with E-state index in [1.165, 1.54) is 6.42 Å². The smallest absolute Gasteiger partial charge is 0.0326 e. The second kappa shape index (κ2) is 5.54. The normalized spacial score (nSPS) is 13.0. The van der Waals surface area contributed by atoms with Gasteiger partial charge in [-0.25, -0.2) is 0 Å². The van der Waals surface area contributed by atoms with E-state index >= 15 is 0 Å². The molecule has 0 amide bonds. The Bertz CT molecular complexity index is 112. The van der Waals surface area contributed by atoms with Gasteiger partial charge in [-0.05, 0) is 20.3 Å². The Morgan fingerprint density at radius 1 is 1.56 bits per heavy atom. The summed E-state index contributed by atoms with van der Waals surface area (Å²) in [4.78, 5) is 4.17. The van der Waals surface area contributed by atoms with Crippen molar-refractivity contribution >= 4 is 6.21 Å². The highest BCUT2D eigenvalue weighted by Gasteiger charge is 1.76. The van der Waals surface area contributed by atoms with Crippen molar-refractivity contribution in [3.8, 4) is 0 Å². The van der Waals surface area contributed by atoms with Crippen LogP contribution in [0.3, 0.4) is 0 Å². The van der Waals surface area contributed by atoms with Crippen molar-refractivity contribution < 1.29 is 0 Å². The van der Waals surface area contributed by atoms with E-state index in [-0.39, 0.29) is 0 Å². The molecule has 0 aromatic carbocycles. The molecule has 1 heteroatoms. The van der Waals surface area contributed by atoms with E-state index in [1.54, 1.807) is 0 Å². The predicted molar refractivity (Wildman–Crippen MR) is 42.8 cm³/mol. The monoisotopic (exact) mass is 125 g/mol. The van der Waals surface area contributed by atoms with Gasteiger partial charge in [-0.1, -0.05) is 19.4 Å². The van der Waals surface area contributed by atoms with Crippen LogP contribution >= 0.6 is 0 Å². The topological polar surface area (TPSA) is 12.4 Å². The molecule has 0 atom stereocenters. The fourth-order valence-electron chi connectivity index (χ4n) is 0.412. The van der Waals surface area contributed by atoms with E-state index in [4.69, 9.17) is 0 Å². The maximum atomic E-state index is 4.17. The minimum Gasteiger partial charge on any atom is -0.266 e. The molecule has 0 heterocycles. The second-order valence-electron chi connectivity index (χ2n) is 2.03. The zero-order valence-electron chi connectivity index (χ0n) is 6.52. The van der Waals surface area contributed by atoms with E-state index in [1.807, 2.05) is 26.1 Å². The van der Waals surface area contributed by atoms with E-state index in [0.29, 0.717) is 0 Å². The lowest BCUT2D eigenvalue weighted by atomic mass is 10.4. The van der Waals surface area contributed by atoms with Crippen molar-refractivity contribution in [1.82, 2.24) is 0 Å². The van der Waals surface area contributed by atoms with Gasteiger partial charge in [0, 0.05) is 11.9 Å². The first-order valence-electron chi connectivity index (χ1n) is 3.46. The number of hydrogen-bond donors (Lipinski definition) is 0. The molecule has 9 heavy (non-hydrogen) atoms. The molecule has 0 bridgehead atoms. The number of hydrogen-bond acceptors (Lipinski definition) is 1. The minimum atomic E-state index is 1.09. The summed E-state index contributed by atoms with van der Waals surface area (Å²) in [7, 11) is 0. The van der Waals surface area contributed by atoms with E-state index in [2.05, 4.69) is 11.9 Å². The summed E-state index contributed by atoms with van der Waals surface area (Å²) in [6.45, 7) is 6.15. The summed E-state index contributed by atoms with van der Waals surface area (Å²) in [5.74, 6) is 0. The van der Waals surface area contributed by atoms with Crippen LogP contribution in [0.4, 0.5) is 0 Å². The highest BCUT2D eigenvalue weighted by molar-refractivity contribution is 5.58. The van der Waals surface area contributed by atoms with Crippen LogP contribution in [0.2, 0.25) is 0 Å². The molecular weight excluding hydrogens is 110 g/mol. The number of allylic oxidation sites excluding steroid dienone is 2. The molecule has 0 N–H and O–H groups in total. The van der Waals surface area contributed by atoms with Crippen LogP contribution in [0, 0.1) is 0 Å². The van der Waals surface area contributed by atoms with Gasteiger partial charge in [0.15, 0.2) is 0 Å². The van der Waals surface area contributed by atoms with Gasteiger partial charge in [-0.15, -0.1) is 0 Å². The molecule has 1 nitrogen and oxygen atoms in total. The Morgan fingerprint density at radius 2 is 2.22 bits per heavy atom. The Balaban J connectivity index is 3.45. The van der Waals surface area contributed by atoms with Crippen molar-refractivity contribution in [2.75, 3.05) is 0 Å². The van der Waals surface area contributed by atoms with Gasteiger partial charge in [-0.3, -0.25) is 4.99 Å². The molecule has 0 saturated carbocycles. The fourth-order valence-corrected chi connectivity index (χ4v) is 0.412. The highest BCUT2D eigenvalue weighted by atomic mass is 14.7. The van der Waals surface area contributed by atoms with Gasteiger partial charge in [0.1, 0.15) is 0 Å². The van der Waals surface area contributed by atoms with Crippen molar-refractivity contribution in [3.63, 3.8) is 0 Å². The van der Waals surface area contributed by atoms with E-state index in [9.17, 15) is 0 Å². The molecule has 0 aromatic rings. The van der Waals surface area contributed by atoms with Crippen LogP contribution < -0.4 is 0 Å². The summed E-state index contributed by atoms with van der Waals surface area (Å²) in [5, 5.41) is 0. The molecule has 0 rings (SSSR count). The maximum absolute atomic E-state index is 4.17. The lowest BCUT2D eigenvalue weighted by Gasteiger charge is -1.86. The number of rotatable bonds is 3. The average Bonchev–Trinajstić information content (AvgIpc) is 1.89. The van der Waals surface area contributed by atoms with Crippen molar-refractivity contribution in [2.24, 2.45) is 4.99 Å². The Morgan fingerprint density at radius 3 is 2.67 bits per heavy atom. The Kier molecular flexibility index (Phi) is 5.18. The first-order chi connectivity index (χ1) is 4.31. The van der Waals surface area contributed by atoms with Crippen LogP contribution in [-0.4, -0.2) is 6.21 Å². The number of unbranched alkanes of at least 4 members (excludes halogenated alkanes) is 1. The second-order valence-corrected chi connectivity index (χ2v) is 2.03. The standard InChI is InChI=1S/C8H15N/c1-4-6-7-9-8(3)5-2/h5,7H,4,6H2,1-3H3/b8-5-,9-7?. The fraction of sp³-hybridized carbons (Fsp3) is 0.625. The summed E-state index contributed by atoms with van der Waals surface area (Å²) in [6.07, 6.45) is 6.24. The van der Waals surface area contributed by atoms with Crippen LogP contribution in [0.25, 0.3) is 0 Å². The quantitative estimate of drug-likeness (QED) is 0.514. The zero-order valence-corrected chi connectivity index (χ0v) is 6.52. The molecule has 0 fully saturated rings. The van der Waals surface area contributed by atoms with E-state index in [0.717, 1.165) is 12.1 Å². The molecule has 0 spiro atoms. The lowest BCUT2D eigenvalue weighted by Crippen LogP contribution is -1.73. The van der Waals surface area contributed by atoms with Gasteiger partial charge in [0.05, 0.1) is 0 Å². The SMILES string of the molecule is C/C=C(/C)N=CCCC. The first-order valence-corrected chi connectivity index (χ1v) is 3.46. The molecule has 0 radical (unpaired) electrons. The summed E-state index contributed by atoms with van der Waals surface area (Å²) in [6, 6.07) is 0. The minimum absolute atomic E-state index is 1.09. The van der Waals surface area contributed by atoms with Crippen molar-refractivity contribution in [1.29, 1.82) is 0 Å². The summed E-state index contributed by atoms with van der Waals surface area (Å²) >= 11 is 0. The van der Waals surface area contributed by atoms with E-state index < -0.39 is 0 Å². The lowest BCUT2D eigenvalue weighted by molar-refractivity contribution is 1.00. The van der Waals surface area contributed by atoms with Gasteiger partial charge in [-0.2, -0.15) is 0 Å². The predicted octanol–water partition coefficient (Wildman–Crippen LogP) is 2.78. The van der Waals surface area contributed by atoms with Crippen LogP contribution in [0.1, 0.15) is 33.6 Å². The number of aliphatic imine (C=N–C) groups is 1. The third-order valence-corrected chi connectivity index (χ3v) is 1.13. The zero-order chi connectivity index (χ0) is 7.11. The van der Waals surface area contributed by atoms with Gasteiger partial charge in [0.25, 0.3) is 0 Å². The third-order valence-electron chi connectivity index (χ3n) is 1.13. The summed E-state index contributed by atoms with van der Waals surface area (Å²) < 4.78 is 0. The Hall–Kier alpha value is -0.590. The third kappa shape index (κ3) is 5.28. The largest absolute Gasteiger partial charge is 0.266 e. The highest BCUT2D eigenvalue weighted by Crippen LogP contribution is 1.92. The molecule has 0 saturated heterocycles. The molecule has 0 unspecified atom stereocenters. The van der Waals surface area contributed by atoms with Crippen molar-refractivity contribution in [3.05, 3.63) is 11.8 Å². The van der Waals surface area contributed by atoms with Crippen LogP contribution in [0.15, 0.2) is 16.8 Å². The van der Waals surface area contributed by atoms with Crippen LogP contribution in [0.5, 0.6) is 0 Å². The molecular formula is C8H15N. The molecule has 52 valence electrons. The summed E-state index contributed by atoms with van der Waals surface area (Å²) in [5.41, 5.74) is 1.10. The number of nitrogens with zero attached hydrogens (tertiary/aromatic N) is 1. The first kappa shape index (κ1) is 8.41. The maximum Gasteiger partial charge on any atom is 0.0326 e. The van der Waals surface area contributed by atoms with Crippen LogP contribution in [-0.2, 0) is 0 Å². The molecule has 0 aliphatic heterocycles. The van der Waals surface area contributed by atoms with Gasteiger partial charge in [0.2, 0.25) is 0 Å². The Labute approximate surface area is 57.5 Å².